The number of nitrogens with one attached hydrogen (secondary N) is 1. The van der Waals surface area contributed by atoms with Gasteiger partial charge in [-0.15, -0.1) is 0 Å². The Morgan fingerprint density at radius 3 is 2.21 bits per heavy atom. The molecule has 0 aromatic heterocycles. The molecule has 1 aliphatic rings. The Labute approximate surface area is 221 Å². The number of carboxylic acid groups (broad SMARTS) is 2. The van der Waals surface area contributed by atoms with E-state index >= 15 is 0 Å². The van der Waals surface area contributed by atoms with Crippen molar-refractivity contribution in [3.8, 4) is 23.0 Å². The summed E-state index contributed by atoms with van der Waals surface area (Å²) < 4.78 is 26.8. The lowest BCUT2D eigenvalue weighted by atomic mass is 9.90. The zero-order valence-electron chi connectivity index (χ0n) is 22.1. The highest BCUT2D eigenvalue weighted by atomic mass is 16.5. The number of hydrogen-bond donors (Lipinski definition) is 2. The van der Waals surface area contributed by atoms with Gasteiger partial charge in [0.2, 0.25) is 5.75 Å². The maximum absolute atomic E-state index is 12.5. The summed E-state index contributed by atoms with van der Waals surface area (Å²) in [6, 6.07) is 11.6. The molecule has 1 fully saturated rings. The molecule has 0 amide bonds. The minimum Gasteiger partial charge on any atom is -0.539 e. The van der Waals surface area contributed by atoms with Crippen LogP contribution in [0.15, 0.2) is 36.4 Å². The van der Waals surface area contributed by atoms with Crippen molar-refractivity contribution in [1.82, 2.24) is 0 Å². The summed E-state index contributed by atoms with van der Waals surface area (Å²) in [6.45, 7) is 3.60. The van der Waals surface area contributed by atoms with E-state index in [0.717, 1.165) is 31.8 Å². The summed E-state index contributed by atoms with van der Waals surface area (Å²) in [7, 11) is 6.27. The largest absolute Gasteiger partial charge is 0.539 e. The second-order valence-electron chi connectivity index (χ2n) is 8.57. The number of carboxylic acids is 2. The molecule has 0 bridgehead atoms. The van der Waals surface area contributed by atoms with Crippen molar-refractivity contribution in [2.24, 2.45) is 0 Å². The molecule has 0 radical (unpaired) electrons. The van der Waals surface area contributed by atoms with Crippen molar-refractivity contribution in [3.05, 3.63) is 47.5 Å². The predicted octanol–water partition coefficient (Wildman–Crippen LogP) is 0.551. The SMILES string of the molecule is COc1cccc(C2CCC[NH+](CCCOC(=O)c3cc(OC)c(OC)c(OC)c3)C2)c1.O=C([O-])C(=O)O. The number of carbonyl (C=O) groups is 3. The number of hydrogen-bond acceptors (Lipinski definition) is 9. The van der Waals surface area contributed by atoms with E-state index in [1.807, 2.05) is 6.07 Å². The molecule has 1 saturated heterocycles. The topological polar surface area (TPSA) is 145 Å². The number of quaternary nitrogens is 1. The fraction of sp³-hybridized carbons (Fsp3) is 0.444. The lowest BCUT2D eigenvalue weighted by Crippen LogP contribution is -3.13. The summed E-state index contributed by atoms with van der Waals surface area (Å²) in [5, 5.41) is 16.3. The molecular formula is C27H35NO10. The van der Waals surface area contributed by atoms with E-state index in [-0.39, 0.29) is 0 Å². The lowest BCUT2D eigenvalue weighted by molar-refractivity contribution is -0.906. The van der Waals surface area contributed by atoms with Crippen molar-refractivity contribution in [3.63, 3.8) is 0 Å². The van der Waals surface area contributed by atoms with Gasteiger partial charge in [0, 0.05) is 12.3 Å². The number of ether oxygens (including phenoxy) is 5. The number of likely N-dealkylation sites (tertiary alicyclic amines) is 1. The molecule has 2 aromatic rings. The molecule has 2 unspecified atom stereocenters. The molecule has 208 valence electrons. The van der Waals surface area contributed by atoms with E-state index in [1.54, 1.807) is 24.1 Å². The van der Waals surface area contributed by atoms with Crippen molar-refractivity contribution in [2.45, 2.75) is 25.2 Å². The Morgan fingerprint density at radius 2 is 1.66 bits per heavy atom. The monoisotopic (exact) mass is 533 g/mol. The quantitative estimate of drug-likeness (QED) is 0.252. The van der Waals surface area contributed by atoms with Crippen LogP contribution >= 0.6 is 0 Å². The van der Waals surface area contributed by atoms with Gasteiger partial charge in [0.1, 0.15) is 5.75 Å². The lowest BCUT2D eigenvalue weighted by Gasteiger charge is -2.30. The Hall–Kier alpha value is -3.99. The average Bonchev–Trinajstić information content (AvgIpc) is 2.94. The Morgan fingerprint density at radius 1 is 1.00 bits per heavy atom. The number of aliphatic carboxylic acids is 2. The number of rotatable bonds is 10. The summed E-state index contributed by atoms with van der Waals surface area (Å²) in [5.74, 6) is -1.65. The zero-order chi connectivity index (χ0) is 28.1. The van der Waals surface area contributed by atoms with Gasteiger partial charge in [0.15, 0.2) is 17.5 Å². The first-order chi connectivity index (χ1) is 18.2. The van der Waals surface area contributed by atoms with Crippen LogP contribution in [0, 0.1) is 0 Å². The van der Waals surface area contributed by atoms with Crippen molar-refractivity contribution < 1.29 is 53.2 Å². The van der Waals surface area contributed by atoms with Crippen LogP contribution in [0.3, 0.4) is 0 Å². The highest BCUT2D eigenvalue weighted by Gasteiger charge is 2.24. The molecule has 2 atom stereocenters. The van der Waals surface area contributed by atoms with Gasteiger partial charge in [-0.1, -0.05) is 12.1 Å². The first-order valence-electron chi connectivity index (χ1n) is 12.1. The van der Waals surface area contributed by atoms with Gasteiger partial charge in [-0.2, -0.15) is 0 Å². The third kappa shape index (κ3) is 8.84. The summed E-state index contributed by atoms with van der Waals surface area (Å²) in [5.41, 5.74) is 1.72. The molecule has 0 aliphatic carbocycles. The van der Waals surface area contributed by atoms with Crippen LogP contribution in [0.5, 0.6) is 23.0 Å². The Balaban J connectivity index is 0.000000757. The number of methoxy groups -OCH3 is 4. The third-order valence-electron chi connectivity index (χ3n) is 6.17. The highest BCUT2D eigenvalue weighted by Crippen LogP contribution is 2.38. The Bertz CT molecular complexity index is 1050. The standard InChI is InChI=1S/C25H33NO6.C2H2O4/c1-28-21-10-5-8-18(14-21)19-9-6-11-26(17-19)12-7-13-32-25(27)20-15-22(29-2)24(31-4)23(16-20)30-3;3-1(4)2(5)6/h5,8,10,14-16,19H,6-7,9,11-13,17H2,1-4H3;(H,3,4)(H,5,6). The van der Waals surface area contributed by atoms with E-state index in [0.29, 0.717) is 35.3 Å². The van der Waals surface area contributed by atoms with Crippen LogP contribution in [0.4, 0.5) is 0 Å². The van der Waals surface area contributed by atoms with Crippen molar-refractivity contribution in [1.29, 1.82) is 0 Å². The van der Waals surface area contributed by atoms with Crippen LogP contribution in [-0.2, 0) is 14.3 Å². The van der Waals surface area contributed by atoms with E-state index in [2.05, 4.69) is 18.2 Å². The molecule has 1 aliphatic heterocycles. The van der Waals surface area contributed by atoms with E-state index in [9.17, 15) is 4.79 Å². The molecule has 11 nitrogen and oxygen atoms in total. The second kappa shape index (κ2) is 15.3. The van der Waals surface area contributed by atoms with Crippen LogP contribution in [-0.4, -0.2) is 77.7 Å². The van der Waals surface area contributed by atoms with Gasteiger partial charge >= 0.3 is 11.9 Å². The molecule has 1 heterocycles. The first kappa shape index (κ1) is 30.2. The van der Waals surface area contributed by atoms with Crippen LogP contribution in [0.25, 0.3) is 0 Å². The van der Waals surface area contributed by atoms with E-state index < -0.39 is 17.9 Å². The van der Waals surface area contributed by atoms with Crippen molar-refractivity contribution >= 4 is 17.9 Å². The van der Waals surface area contributed by atoms with Gasteiger partial charge in [-0.25, -0.2) is 9.59 Å². The van der Waals surface area contributed by atoms with Gasteiger partial charge in [0.05, 0.1) is 60.2 Å². The molecule has 11 heteroatoms. The van der Waals surface area contributed by atoms with Gasteiger partial charge in [0.25, 0.3) is 0 Å². The second-order valence-corrected chi connectivity index (χ2v) is 8.57. The molecule has 38 heavy (non-hydrogen) atoms. The molecular weight excluding hydrogens is 498 g/mol. The normalized spacial score (nSPS) is 16.3. The molecule has 0 saturated carbocycles. The Kier molecular flexibility index (Phi) is 12.2. The van der Waals surface area contributed by atoms with Gasteiger partial charge in [-0.05, 0) is 42.7 Å². The number of carbonyl (C=O) groups excluding carboxylic acids is 2. The van der Waals surface area contributed by atoms with Crippen LogP contribution in [0.1, 0.15) is 41.1 Å². The van der Waals surface area contributed by atoms with Crippen LogP contribution < -0.4 is 29.0 Å². The summed E-state index contributed by atoms with van der Waals surface area (Å²) in [6.07, 6.45) is 3.21. The smallest absolute Gasteiger partial charge is 0.351 e. The summed E-state index contributed by atoms with van der Waals surface area (Å²) in [4.78, 5) is 32.1. The molecule has 3 rings (SSSR count). The van der Waals surface area contributed by atoms with Crippen molar-refractivity contribution in [2.75, 3.05) is 54.7 Å². The highest BCUT2D eigenvalue weighted by molar-refractivity contribution is 6.26. The number of esters is 1. The molecule has 2 aromatic carbocycles. The minimum atomic E-state index is -2.07. The first-order valence-corrected chi connectivity index (χ1v) is 12.1. The fourth-order valence-electron chi connectivity index (χ4n) is 4.33. The predicted molar refractivity (Wildman–Crippen MR) is 134 cm³/mol. The van der Waals surface area contributed by atoms with E-state index in [1.165, 1.54) is 39.7 Å². The van der Waals surface area contributed by atoms with Crippen LogP contribution in [0.2, 0.25) is 0 Å². The number of piperidine rings is 1. The summed E-state index contributed by atoms with van der Waals surface area (Å²) >= 11 is 0. The maximum Gasteiger partial charge on any atom is 0.351 e. The van der Waals surface area contributed by atoms with Gasteiger partial charge < -0.3 is 43.6 Å². The van der Waals surface area contributed by atoms with Gasteiger partial charge in [-0.3, -0.25) is 0 Å². The fourth-order valence-corrected chi connectivity index (χ4v) is 4.33. The third-order valence-corrected chi connectivity index (χ3v) is 6.17. The molecule has 2 N–H and O–H groups in total. The van der Waals surface area contributed by atoms with E-state index in [4.69, 9.17) is 43.5 Å². The zero-order valence-corrected chi connectivity index (χ0v) is 22.1. The minimum absolute atomic E-state index is 0.378. The number of benzene rings is 2. The average molecular weight is 534 g/mol. The maximum atomic E-state index is 12.5. The molecule has 0 spiro atoms.